The largest absolute Gasteiger partial charge is 0.479 e. The Hall–Kier alpha value is -15.6. The zero-order valence-electron chi connectivity index (χ0n) is 80.8. The quantitative estimate of drug-likeness (QED) is 0.00562. The number of halogens is 6. The number of carboxylic acid groups (broad SMARTS) is 7. The molecule has 2 aliphatic heterocycles. The van der Waals surface area contributed by atoms with Crippen molar-refractivity contribution >= 4 is 47.9 Å². The Labute approximate surface area is 845 Å². The summed E-state index contributed by atoms with van der Waals surface area (Å²) in [6, 6.07) is 71.5. The van der Waals surface area contributed by atoms with Gasteiger partial charge in [-0.25, -0.2) is 64.7 Å². The van der Waals surface area contributed by atoms with Crippen LogP contribution in [0.4, 0.5) is 31.1 Å². The third-order valence-electron chi connectivity index (χ3n) is 19.4. The van der Waals surface area contributed by atoms with Crippen molar-refractivity contribution in [2.75, 3.05) is 65.6 Å². The van der Waals surface area contributed by atoms with Crippen LogP contribution in [0, 0.1) is 17.8 Å². The molecular formula is C97H117F6N19O26. The first kappa shape index (κ1) is 128. The second-order valence-electron chi connectivity index (χ2n) is 31.4. The molecule has 0 saturated carbocycles. The Morgan fingerprint density at radius 1 is 0.351 bits per heavy atom. The highest BCUT2D eigenvalue weighted by Crippen LogP contribution is 2.27. The van der Waals surface area contributed by atoms with E-state index in [-0.39, 0.29) is 97.0 Å². The number of amides is 1. The first-order valence-corrected chi connectivity index (χ1v) is 45.0. The van der Waals surface area contributed by atoms with Gasteiger partial charge < -0.3 is 93.5 Å². The van der Waals surface area contributed by atoms with Gasteiger partial charge in [-0.2, -0.15) is 0 Å². The summed E-state index contributed by atoms with van der Waals surface area (Å²) in [6.45, 7) is 6.14. The first-order valence-electron chi connectivity index (χ1n) is 45.0. The van der Waals surface area contributed by atoms with E-state index in [4.69, 9.17) is 112 Å². The number of unbranched alkanes of at least 4 members (excludes halogenated alkanes) is 1. The molecule has 2 heterocycles. The number of nitrogens with one attached hydrogen (secondary N) is 1. The normalized spacial score (nSPS) is 14.5. The molecule has 0 aromatic heterocycles. The monoisotopic (exact) mass is 2080 g/mol. The molecule has 14 atom stereocenters. The van der Waals surface area contributed by atoms with E-state index in [1.54, 1.807) is 142 Å². The molecule has 8 aromatic carbocycles. The van der Waals surface area contributed by atoms with Gasteiger partial charge in [-0.3, -0.25) is 0 Å². The van der Waals surface area contributed by atoms with E-state index < -0.39 is 147 Å². The summed E-state index contributed by atoms with van der Waals surface area (Å²) < 4.78 is 131. The van der Waals surface area contributed by atoms with Crippen molar-refractivity contribution in [1.29, 1.82) is 0 Å². The number of carbonyl (C=O) groups is 8. The van der Waals surface area contributed by atoms with Gasteiger partial charge in [-0.15, -0.1) is 0 Å². The molecule has 5 unspecified atom stereocenters. The Morgan fingerprint density at radius 2 is 0.581 bits per heavy atom. The second kappa shape index (κ2) is 76.9. The van der Waals surface area contributed by atoms with Crippen LogP contribution < -0.4 is 5.32 Å². The molecule has 0 bridgehead atoms. The van der Waals surface area contributed by atoms with Crippen molar-refractivity contribution in [1.82, 2.24) is 5.32 Å². The maximum Gasteiger partial charge on any atom is 0.407 e. The highest BCUT2D eigenvalue weighted by Gasteiger charge is 2.47. The molecule has 10 rings (SSSR count). The zero-order chi connectivity index (χ0) is 110. The lowest BCUT2D eigenvalue weighted by Crippen LogP contribution is -2.44. The van der Waals surface area contributed by atoms with Gasteiger partial charge in [-0.1, -0.05) is 314 Å². The lowest BCUT2D eigenvalue weighted by atomic mass is 10.1. The van der Waals surface area contributed by atoms with Crippen molar-refractivity contribution < 1.29 is 153 Å². The molecule has 2 aliphatic rings. The van der Waals surface area contributed by atoms with Crippen molar-refractivity contribution in [2.24, 2.45) is 48.4 Å². The summed E-state index contributed by atoms with van der Waals surface area (Å²) in [5.41, 5.74) is 54.7. The number of nitrogens with zero attached hydrogens (tertiary/aromatic N) is 18. The number of hydrogen-bond donors (Lipinski definition) is 9. The fourth-order valence-corrected chi connectivity index (χ4v) is 11.5. The van der Waals surface area contributed by atoms with Crippen molar-refractivity contribution in [3.63, 3.8) is 0 Å². The minimum absolute atomic E-state index is 0.0194. The van der Waals surface area contributed by atoms with Gasteiger partial charge in [0.05, 0.1) is 98.4 Å². The maximum atomic E-state index is 13.5. The number of carbonyl (C=O) groups excluding carboxylic acids is 1. The van der Waals surface area contributed by atoms with Gasteiger partial charge in [-0.05, 0) is 96.0 Å². The number of aliphatic carboxylic acids is 7. The summed E-state index contributed by atoms with van der Waals surface area (Å²) in [6.07, 6.45) is -10.5. The molecule has 798 valence electrons. The topological polar surface area (TPSA) is 702 Å². The molecule has 0 aliphatic carbocycles. The van der Waals surface area contributed by atoms with E-state index >= 15 is 0 Å². The highest BCUT2D eigenvalue weighted by molar-refractivity contribution is 5.76. The van der Waals surface area contributed by atoms with Gasteiger partial charge in [0.15, 0.2) is 30.5 Å². The van der Waals surface area contributed by atoms with Gasteiger partial charge >= 0.3 is 47.9 Å². The summed E-state index contributed by atoms with van der Waals surface area (Å²) in [4.78, 5) is 103. The summed E-state index contributed by atoms with van der Waals surface area (Å²) in [5.74, 6) is -18.3. The molecule has 8 aromatic rings. The number of rotatable bonds is 55. The fraction of sp³-hybridized carbons (Fsp3) is 0.423. The van der Waals surface area contributed by atoms with E-state index in [1.165, 1.54) is 19.3 Å². The number of azide groups is 6. The molecule has 9 N–H and O–H groups in total. The van der Waals surface area contributed by atoms with Crippen LogP contribution in [0.1, 0.15) is 91.5 Å². The third kappa shape index (κ3) is 59.6. The van der Waals surface area contributed by atoms with E-state index in [9.17, 15) is 69.8 Å². The number of aliphatic hydroxyl groups excluding tert-OH is 1. The molecule has 2 saturated heterocycles. The number of aliphatic hydroxyl groups is 1. The Bertz CT molecular complexity index is 5010. The zero-order valence-corrected chi connectivity index (χ0v) is 80.8. The van der Waals surface area contributed by atoms with Crippen molar-refractivity contribution in [3.8, 4) is 0 Å². The number of alkyl carbamates (subject to hydrolysis) is 1. The van der Waals surface area contributed by atoms with Gasteiger partial charge in [0.2, 0.25) is 12.2 Å². The fourth-order valence-electron chi connectivity index (χ4n) is 11.5. The lowest BCUT2D eigenvalue weighted by molar-refractivity contribution is -0.182. The number of benzene rings is 8. The minimum Gasteiger partial charge on any atom is -0.479 e. The average Bonchev–Trinajstić information content (AvgIpc) is 1.04. The first-order chi connectivity index (χ1) is 71.0. The Balaban J connectivity index is 0.000000573. The van der Waals surface area contributed by atoms with Gasteiger partial charge in [0.1, 0.15) is 25.1 Å². The van der Waals surface area contributed by atoms with E-state index in [1.807, 2.05) is 121 Å². The number of carboxylic acids is 7. The smallest absolute Gasteiger partial charge is 0.407 e. The van der Waals surface area contributed by atoms with E-state index in [0.717, 1.165) is 46.6 Å². The predicted molar refractivity (Wildman–Crippen MR) is 521 cm³/mol. The van der Waals surface area contributed by atoms with Crippen molar-refractivity contribution in [3.05, 3.63) is 350 Å². The third-order valence-corrected chi connectivity index (χ3v) is 19.4. The van der Waals surface area contributed by atoms with Crippen LogP contribution in [0.5, 0.6) is 0 Å². The molecular weight excluding hydrogens is 1960 g/mol. The number of hydrogen-bond acceptors (Lipinski definition) is 25. The van der Waals surface area contributed by atoms with Crippen LogP contribution in [0.3, 0.4) is 0 Å². The van der Waals surface area contributed by atoms with Gasteiger partial charge in [0, 0.05) is 55.0 Å². The SMILES string of the molecule is CCCCC1CO1.C[C@@H](CN=[N+]=[N-])[C@H](OCc1ccccc1)C(=O)O.C[C@H](CN=[N+]=[N-])C(OCc1ccccc1)C(=O)O.C[C@H](CNC(=O)OCc1ccccc1)[C@H](OCc1ccccc1)C(=O)O.OCC1CO1.[N-]=[N+]=NCC(F)(F)C(OCc1ccccc1)C(=O)O.[N-]=[N+]=NCC(F)(F)[C@H](OCc1ccccc1)C(=O)O.[N-]=[N+]=NC[C@@H](F)[C@H](OCc1ccccc1)C(=O)O.[N-]=[N+]=NC[C@H](F)C(OCc1ccccc1)C(=O)O. The Morgan fingerprint density at radius 3 is 0.797 bits per heavy atom. The molecule has 0 radical (unpaired) electrons. The van der Waals surface area contributed by atoms with Crippen LogP contribution in [-0.4, -0.2) is 233 Å². The molecule has 148 heavy (non-hydrogen) atoms. The molecule has 2 fully saturated rings. The number of epoxide rings is 2. The molecule has 45 nitrogen and oxygen atoms in total. The summed E-state index contributed by atoms with van der Waals surface area (Å²) in [5, 5.41) is 91.4. The predicted octanol–water partition coefficient (Wildman–Crippen LogP) is 19.2. The minimum atomic E-state index is -3.77. The number of alkyl halides is 6. The van der Waals surface area contributed by atoms with Crippen LogP contribution in [0.2, 0.25) is 0 Å². The standard InChI is InChI=1S/C20H23NO5.2C12H15N3O3.2C11H11F2N3O3.2C11H12FN3O3.C6H12O.C3H6O2/c1-15(12-21-20(24)26-14-17-10-6-3-7-11-17)18(19(22)23)25-13-16-8-4-2-5-9-16;2*1-9(7-14-15-13)11(12(16)17)18-8-10-5-3-2-4-6-10;2*12-11(13,7-15-16-14)9(10(17)18)19-6-8-4-2-1-3-5-8;2*12-9(6-14-15-13)10(11(16)17)18-7-8-4-2-1-3-5-8;1-2-3-4-6-5-7-6;4-1-3-2-5-3/h2-11,15,18H,12-14H2,1H3,(H,21,24)(H,22,23);2*2-6,9,11H,7-8H2,1H3,(H,16,17);2*1-5,9H,6-7H2,(H,17,18);2*1-5,9-10H,6-7H2,(H,16,17);6H,2-5H2,1H3;3-4H,1-2H2/t15-,18+;9-,11?;9-,11-;9-;;9-,10?;9-,10+;;/m1101.01../s1. The van der Waals surface area contributed by atoms with Crippen LogP contribution in [0.25, 0.3) is 62.7 Å². The summed E-state index contributed by atoms with van der Waals surface area (Å²) >= 11 is 0. The Kier molecular flexibility index (Phi) is 66.7. The summed E-state index contributed by atoms with van der Waals surface area (Å²) in [7, 11) is 0. The van der Waals surface area contributed by atoms with Gasteiger partial charge in [0.25, 0.3) is 11.8 Å². The molecule has 1 amide bonds. The van der Waals surface area contributed by atoms with Crippen LogP contribution in [0.15, 0.2) is 273 Å². The van der Waals surface area contributed by atoms with Crippen LogP contribution >= 0.6 is 0 Å². The van der Waals surface area contributed by atoms with E-state index in [0.29, 0.717) is 17.2 Å². The average molecular weight is 2080 g/mol. The molecule has 0 spiro atoms. The van der Waals surface area contributed by atoms with Crippen LogP contribution in [-0.2, 0) is 134 Å². The highest BCUT2D eigenvalue weighted by atomic mass is 19.3. The number of ether oxygens (including phenoxy) is 10. The van der Waals surface area contributed by atoms with E-state index in [2.05, 4.69) is 77.1 Å². The maximum absolute atomic E-state index is 13.5. The molecule has 51 heteroatoms. The van der Waals surface area contributed by atoms with Crippen molar-refractivity contribution in [2.45, 2.75) is 179 Å². The second-order valence-corrected chi connectivity index (χ2v) is 31.4. The lowest BCUT2D eigenvalue weighted by Gasteiger charge is -2.22.